The van der Waals surface area contributed by atoms with E-state index in [1.165, 1.54) is 6.08 Å². The van der Waals surface area contributed by atoms with Crippen molar-refractivity contribution in [2.75, 3.05) is 13.1 Å². The molecule has 1 heterocycles. The molecular formula is C18H15NO2. The van der Waals surface area contributed by atoms with E-state index >= 15 is 0 Å². The third-order valence-corrected chi connectivity index (χ3v) is 3.38. The van der Waals surface area contributed by atoms with E-state index in [0.29, 0.717) is 16.8 Å². The number of nitrogens with zero attached hydrogens (tertiary/aromatic N) is 1. The highest BCUT2D eigenvalue weighted by molar-refractivity contribution is 6.14. The van der Waals surface area contributed by atoms with Crippen LogP contribution in [0.4, 0.5) is 0 Å². The summed E-state index contributed by atoms with van der Waals surface area (Å²) in [5.41, 5.74) is 1.68. The number of allylic oxidation sites excluding steroid dienone is 2. The first-order chi connectivity index (χ1) is 10.3. The smallest absolute Gasteiger partial charge is 0.209 e. The molecule has 1 aliphatic heterocycles. The fourth-order valence-corrected chi connectivity index (χ4v) is 2.14. The third-order valence-electron chi connectivity index (χ3n) is 3.38. The molecule has 104 valence electrons. The Kier molecular flexibility index (Phi) is 3.65. The van der Waals surface area contributed by atoms with Crippen molar-refractivity contribution < 1.29 is 9.59 Å². The number of hydrogen-bond donors (Lipinski definition) is 0. The van der Waals surface area contributed by atoms with Crippen molar-refractivity contribution in [2.45, 2.75) is 0 Å². The molecule has 0 atom stereocenters. The van der Waals surface area contributed by atoms with Gasteiger partial charge < -0.3 is 4.90 Å². The fraction of sp³-hybridized carbons (Fsp3) is 0.111. The van der Waals surface area contributed by atoms with E-state index in [4.69, 9.17) is 0 Å². The van der Waals surface area contributed by atoms with E-state index in [9.17, 15) is 9.59 Å². The van der Waals surface area contributed by atoms with E-state index < -0.39 is 0 Å². The molecule has 0 N–H and O–H groups in total. The first-order valence-electron chi connectivity index (χ1n) is 6.91. The van der Waals surface area contributed by atoms with Gasteiger partial charge in [-0.3, -0.25) is 9.59 Å². The van der Waals surface area contributed by atoms with Crippen LogP contribution in [0.25, 0.3) is 0 Å². The molecule has 0 aromatic heterocycles. The van der Waals surface area contributed by atoms with Crippen LogP contribution in [-0.2, 0) is 0 Å². The second kappa shape index (κ2) is 5.75. The van der Waals surface area contributed by atoms with Gasteiger partial charge in [0, 0.05) is 30.3 Å². The second-order valence-electron chi connectivity index (χ2n) is 4.94. The molecule has 0 aliphatic carbocycles. The van der Waals surface area contributed by atoms with Gasteiger partial charge >= 0.3 is 0 Å². The largest absolute Gasteiger partial charge is 0.365 e. The number of ketones is 2. The SMILES string of the molecule is O=C(/C=C(/C(=O)c1ccccc1)N1CC1)c1ccccc1. The summed E-state index contributed by atoms with van der Waals surface area (Å²) >= 11 is 0. The maximum absolute atomic E-state index is 12.5. The molecule has 0 radical (unpaired) electrons. The number of carbonyl (C=O) groups excluding carboxylic acids is 2. The van der Waals surface area contributed by atoms with Crippen molar-refractivity contribution in [3.63, 3.8) is 0 Å². The van der Waals surface area contributed by atoms with Crippen LogP contribution < -0.4 is 0 Å². The van der Waals surface area contributed by atoms with Crippen LogP contribution >= 0.6 is 0 Å². The molecule has 0 spiro atoms. The van der Waals surface area contributed by atoms with Gasteiger partial charge in [0.15, 0.2) is 5.78 Å². The lowest BCUT2D eigenvalue weighted by Gasteiger charge is -2.08. The number of benzene rings is 2. The van der Waals surface area contributed by atoms with E-state index in [1.807, 2.05) is 41.3 Å². The Hall–Kier alpha value is -2.68. The topological polar surface area (TPSA) is 37.1 Å². The highest BCUT2D eigenvalue weighted by Crippen LogP contribution is 2.20. The summed E-state index contributed by atoms with van der Waals surface area (Å²) in [6.07, 6.45) is 1.46. The lowest BCUT2D eigenvalue weighted by Crippen LogP contribution is -2.13. The van der Waals surface area contributed by atoms with Crippen LogP contribution in [-0.4, -0.2) is 29.6 Å². The van der Waals surface area contributed by atoms with Crippen molar-refractivity contribution >= 4 is 11.6 Å². The van der Waals surface area contributed by atoms with Crippen LogP contribution in [0.15, 0.2) is 72.4 Å². The zero-order valence-corrected chi connectivity index (χ0v) is 11.5. The minimum atomic E-state index is -0.137. The molecule has 0 amide bonds. The molecule has 2 aromatic carbocycles. The lowest BCUT2D eigenvalue weighted by atomic mass is 10.0. The molecule has 0 saturated carbocycles. The number of Topliss-reactive ketones (excluding diaryl/α,β-unsaturated/α-hetero) is 1. The molecular weight excluding hydrogens is 262 g/mol. The Morgan fingerprint density at radius 1 is 0.810 bits per heavy atom. The van der Waals surface area contributed by atoms with Gasteiger partial charge in [-0.05, 0) is 0 Å². The quantitative estimate of drug-likeness (QED) is 0.479. The van der Waals surface area contributed by atoms with Gasteiger partial charge in [-0.15, -0.1) is 0 Å². The zero-order chi connectivity index (χ0) is 14.7. The number of hydrogen-bond acceptors (Lipinski definition) is 3. The first kappa shape index (κ1) is 13.3. The molecule has 21 heavy (non-hydrogen) atoms. The van der Waals surface area contributed by atoms with E-state index in [-0.39, 0.29) is 11.6 Å². The molecule has 3 heteroatoms. The zero-order valence-electron chi connectivity index (χ0n) is 11.5. The monoisotopic (exact) mass is 277 g/mol. The van der Waals surface area contributed by atoms with Crippen LogP contribution in [0.2, 0.25) is 0 Å². The van der Waals surface area contributed by atoms with Crippen LogP contribution in [0.5, 0.6) is 0 Å². The molecule has 0 unspecified atom stereocenters. The highest BCUT2D eigenvalue weighted by Gasteiger charge is 2.27. The molecule has 1 aliphatic rings. The number of carbonyl (C=O) groups is 2. The van der Waals surface area contributed by atoms with Crippen LogP contribution in [0.3, 0.4) is 0 Å². The Balaban J connectivity index is 1.90. The molecule has 1 saturated heterocycles. The van der Waals surface area contributed by atoms with E-state index in [1.54, 1.807) is 24.3 Å². The predicted molar refractivity (Wildman–Crippen MR) is 81.2 cm³/mol. The Morgan fingerprint density at radius 3 is 1.86 bits per heavy atom. The van der Waals surface area contributed by atoms with Crippen molar-refractivity contribution in [3.05, 3.63) is 83.6 Å². The Bertz CT molecular complexity index is 686. The summed E-state index contributed by atoms with van der Waals surface area (Å²) in [7, 11) is 0. The second-order valence-corrected chi connectivity index (χ2v) is 4.94. The predicted octanol–water partition coefficient (Wildman–Crippen LogP) is 2.95. The minimum absolute atomic E-state index is 0.0996. The number of rotatable bonds is 5. The molecule has 0 bridgehead atoms. The molecule has 2 aromatic rings. The lowest BCUT2D eigenvalue weighted by molar-refractivity contribution is 0.0993. The molecule has 3 nitrogen and oxygen atoms in total. The van der Waals surface area contributed by atoms with Gasteiger partial charge in [-0.25, -0.2) is 0 Å². The molecule has 3 rings (SSSR count). The Morgan fingerprint density at radius 2 is 1.33 bits per heavy atom. The fourth-order valence-electron chi connectivity index (χ4n) is 2.14. The van der Waals surface area contributed by atoms with Crippen LogP contribution in [0.1, 0.15) is 20.7 Å². The van der Waals surface area contributed by atoms with Crippen molar-refractivity contribution in [3.8, 4) is 0 Å². The standard InChI is InChI=1S/C18H15NO2/c20-17(14-7-3-1-4-8-14)13-16(19-11-12-19)18(21)15-9-5-2-6-10-15/h1-10,13H,11-12H2/b16-13-. The average Bonchev–Trinajstić information content (AvgIpc) is 3.38. The normalized spacial score (nSPS) is 13.9. The maximum atomic E-state index is 12.5. The first-order valence-corrected chi connectivity index (χ1v) is 6.91. The van der Waals surface area contributed by atoms with Gasteiger partial charge in [-0.2, -0.15) is 0 Å². The summed E-state index contributed by atoms with van der Waals surface area (Å²) in [5.74, 6) is -0.237. The summed E-state index contributed by atoms with van der Waals surface area (Å²) in [6, 6.07) is 18.1. The maximum Gasteiger partial charge on any atom is 0.209 e. The highest BCUT2D eigenvalue weighted by atomic mass is 16.1. The Labute approximate surface area is 123 Å². The third kappa shape index (κ3) is 3.08. The van der Waals surface area contributed by atoms with Gasteiger partial charge in [-0.1, -0.05) is 60.7 Å². The average molecular weight is 277 g/mol. The van der Waals surface area contributed by atoms with Crippen molar-refractivity contribution in [2.24, 2.45) is 0 Å². The summed E-state index contributed by atoms with van der Waals surface area (Å²) in [6.45, 7) is 1.65. The van der Waals surface area contributed by atoms with Gasteiger partial charge in [0.1, 0.15) is 0 Å². The summed E-state index contributed by atoms with van der Waals surface area (Å²) < 4.78 is 0. The summed E-state index contributed by atoms with van der Waals surface area (Å²) in [5, 5.41) is 0. The van der Waals surface area contributed by atoms with Gasteiger partial charge in [0.05, 0.1) is 5.70 Å². The minimum Gasteiger partial charge on any atom is -0.365 e. The van der Waals surface area contributed by atoms with E-state index in [2.05, 4.69) is 0 Å². The van der Waals surface area contributed by atoms with Gasteiger partial charge in [0.25, 0.3) is 0 Å². The van der Waals surface area contributed by atoms with Gasteiger partial charge in [0.2, 0.25) is 5.78 Å². The molecule has 1 fully saturated rings. The van der Waals surface area contributed by atoms with Crippen molar-refractivity contribution in [1.29, 1.82) is 0 Å². The van der Waals surface area contributed by atoms with Crippen molar-refractivity contribution in [1.82, 2.24) is 4.90 Å². The van der Waals surface area contributed by atoms with E-state index in [0.717, 1.165) is 13.1 Å². The summed E-state index contributed by atoms with van der Waals surface area (Å²) in [4.78, 5) is 26.7. The van der Waals surface area contributed by atoms with Crippen LogP contribution in [0, 0.1) is 0 Å².